The van der Waals surface area contributed by atoms with Crippen LogP contribution in [0.2, 0.25) is 5.02 Å². The Morgan fingerprint density at radius 2 is 1.96 bits per heavy atom. The smallest absolute Gasteiger partial charge is 0.315 e. The van der Waals surface area contributed by atoms with E-state index < -0.39 is 11.8 Å². The largest absolute Gasteiger partial charge is 0.481 e. The first-order valence-electron chi connectivity index (χ1n) is 7.61. The second-order valence-electron chi connectivity index (χ2n) is 5.89. The van der Waals surface area contributed by atoms with E-state index in [1.807, 2.05) is 0 Å². The van der Waals surface area contributed by atoms with Crippen molar-refractivity contribution < 1.29 is 19.1 Å². The lowest BCUT2D eigenvalue weighted by Gasteiger charge is -2.27. The summed E-state index contributed by atoms with van der Waals surface area (Å²) in [4.78, 5) is 22.9. The third kappa shape index (κ3) is 4.82. The minimum Gasteiger partial charge on any atom is -0.481 e. The Balaban J connectivity index is 1.84. The van der Waals surface area contributed by atoms with Gasteiger partial charge in [-0.1, -0.05) is 17.7 Å². The quantitative estimate of drug-likeness (QED) is 0.783. The number of aliphatic carboxylic acids is 1. The van der Waals surface area contributed by atoms with Crippen molar-refractivity contribution in [2.45, 2.75) is 44.7 Å². The molecule has 23 heavy (non-hydrogen) atoms. The second-order valence-corrected chi connectivity index (χ2v) is 6.30. The van der Waals surface area contributed by atoms with Gasteiger partial charge in [0.1, 0.15) is 5.82 Å². The minimum absolute atomic E-state index is 0.0264. The van der Waals surface area contributed by atoms with Crippen molar-refractivity contribution in [2.75, 3.05) is 0 Å². The van der Waals surface area contributed by atoms with Crippen LogP contribution in [0, 0.1) is 11.7 Å². The molecule has 0 spiro atoms. The molecule has 2 amide bonds. The lowest BCUT2D eigenvalue weighted by Crippen LogP contribution is -2.44. The molecule has 1 saturated carbocycles. The topological polar surface area (TPSA) is 78.4 Å². The average Bonchev–Trinajstić information content (AvgIpc) is 2.47. The Kier molecular flexibility index (Phi) is 5.82. The highest BCUT2D eigenvalue weighted by atomic mass is 35.5. The van der Waals surface area contributed by atoms with E-state index in [0.29, 0.717) is 31.2 Å². The summed E-state index contributed by atoms with van der Waals surface area (Å²) in [6.45, 7) is 1.76. The molecule has 3 N–H and O–H groups in total. The first kappa shape index (κ1) is 17.5. The van der Waals surface area contributed by atoms with Gasteiger partial charge in [0.25, 0.3) is 0 Å². The third-order valence-electron chi connectivity index (χ3n) is 4.19. The van der Waals surface area contributed by atoms with Crippen LogP contribution in [0.25, 0.3) is 0 Å². The molecule has 1 atom stereocenters. The molecule has 0 aromatic heterocycles. The predicted octanol–water partition coefficient (Wildman–Crippen LogP) is 3.48. The number of amides is 2. The number of carboxylic acids is 1. The molecule has 0 heterocycles. The van der Waals surface area contributed by atoms with Crippen LogP contribution in [0.5, 0.6) is 0 Å². The summed E-state index contributed by atoms with van der Waals surface area (Å²) in [6, 6.07) is 3.32. The molecule has 1 aromatic carbocycles. The third-order valence-corrected chi connectivity index (χ3v) is 4.52. The summed E-state index contributed by atoms with van der Waals surface area (Å²) in [5.41, 5.74) is 0.637. The van der Waals surface area contributed by atoms with Crippen molar-refractivity contribution in [1.82, 2.24) is 10.6 Å². The Hall–Kier alpha value is -1.82. The van der Waals surface area contributed by atoms with Crippen molar-refractivity contribution in [1.29, 1.82) is 0 Å². The van der Waals surface area contributed by atoms with E-state index >= 15 is 0 Å². The second kappa shape index (κ2) is 7.64. The molecular formula is C16H20ClFN2O3. The zero-order valence-electron chi connectivity index (χ0n) is 12.8. The summed E-state index contributed by atoms with van der Waals surface area (Å²) in [7, 11) is 0. The number of benzene rings is 1. The Bertz CT molecular complexity index is 589. The SMILES string of the molecule is C[C@H](NC(=O)NC1CCC(C(=O)O)CC1)c1ccc(F)cc1Cl. The molecule has 0 aliphatic heterocycles. The number of urea groups is 1. The number of carbonyl (C=O) groups is 2. The fourth-order valence-electron chi connectivity index (χ4n) is 2.84. The molecule has 5 nitrogen and oxygen atoms in total. The van der Waals surface area contributed by atoms with E-state index in [1.165, 1.54) is 12.1 Å². The van der Waals surface area contributed by atoms with Gasteiger partial charge in [-0.05, 0) is 50.3 Å². The van der Waals surface area contributed by atoms with E-state index in [4.69, 9.17) is 16.7 Å². The van der Waals surface area contributed by atoms with E-state index in [9.17, 15) is 14.0 Å². The van der Waals surface area contributed by atoms with Gasteiger partial charge < -0.3 is 15.7 Å². The Morgan fingerprint density at radius 3 is 2.52 bits per heavy atom. The maximum absolute atomic E-state index is 13.0. The number of hydrogen-bond acceptors (Lipinski definition) is 2. The van der Waals surface area contributed by atoms with E-state index in [-0.39, 0.29) is 29.1 Å². The van der Waals surface area contributed by atoms with Crippen LogP contribution >= 0.6 is 11.6 Å². The average molecular weight is 343 g/mol. The first-order chi connectivity index (χ1) is 10.9. The molecule has 7 heteroatoms. The van der Waals surface area contributed by atoms with Crippen LogP contribution in [-0.4, -0.2) is 23.1 Å². The Labute approximate surface area is 139 Å². The van der Waals surface area contributed by atoms with Crippen molar-refractivity contribution in [3.05, 3.63) is 34.6 Å². The van der Waals surface area contributed by atoms with Crippen LogP contribution in [0.1, 0.15) is 44.2 Å². The van der Waals surface area contributed by atoms with Crippen LogP contribution in [0.3, 0.4) is 0 Å². The maximum Gasteiger partial charge on any atom is 0.315 e. The van der Waals surface area contributed by atoms with Gasteiger partial charge in [-0.15, -0.1) is 0 Å². The summed E-state index contributed by atoms with van der Waals surface area (Å²) >= 11 is 5.98. The summed E-state index contributed by atoms with van der Waals surface area (Å²) < 4.78 is 13.0. The summed E-state index contributed by atoms with van der Waals surface area (Å²) in [5, 5.41) is 14.8. The fraction of sp³-hybridized carbons (Fsp3) is 0.500. The lowest BCUT2D eigenvalue weighted by molar-refractivity contribution is -0.142. The standard InChI is InChI=1S/C16H20ClFN2O3/c1-9(13-7-4-11(18)8-14(13)17)19-16(23)20-12-5-2-10(3-6-12)15(21)22/h4,7-10,12H,2-3,5-6H2,1H3,(H,21,22)(H2,19,20,23)/t9-,10?,12?/m0/s1. The van der Waals surface area contributed by atoms with Crippen LogP contribution in [0.15, 0.2) is 18.2 Å². The van der Waals surface area contributed by atoms with Crippen molar-refractivity contribution in [3.63, 3.8) is 0 Å². The number of carboxylic acid groups (broad SMARTS) is 1. The fourth-order valence-corrected chi connectivity index (χ4v) is 3.17. The molecule has 1 fully saturated rings. The molecule has 1 aliphatic carbocycles. The van der Waals surface area contributed by atoms with Gasteiger partial charge in [0.2, 0.25) is 0 Å². The van der Waals surface area contributed by atoms with E-state index in [1.54, 1.807) is 13.0 Å². The summed E-state index contributed by atoms with van der Waals surface area (Å²) in [5.74, 6) is -1.51. The number of carbonyl (C=O) groups excluding carboxylic acids is 1. The normalized spacial score (nSPS) is 22.2. The number of halogens is 2. The van der Waals surface area contributed by atoms with Gasteiger partial charge >= 0.3 is 12.0 Å². The zero-order valence-corrected chi connectivity index (χ0v) is 13.6. The van der Waals surface area contributed by atoms with Gasteiger partial charge in [0.15, 0.2) is 0 Å². The van der Waals surface area contributed by atoms with Crippen molar-refractivity contribution in [2.24, 2.45) is 5.92 Å². The summed E-state index contributed by atoms with van der Waals surface area (Å²) in [6.07, 6.45) is 2.44. The molecule has 126 valence electrons. The number of hydrogen-bond donors (Lipinski definition) is 3. The van der Waals surface area contributed by atoms with Crippen molar-refractivity contribution >= 4 is 23.6 Å². The van der Waals surface area contributed by atoms with E-state index in [2.05, 4.69) is 10.6 Å². The molecular weight excluding hydrogens is 323 g/mol. The van der Waals surface area contributed by atoms with Gasteiger partial charge in [-0.3, -0.25) is 4.79 Å². The van der Waals surface area contributed by atoms with Gasteiger partial charge in [0.05, 0.1) is 12.0 Å². The Morgan fingerprint density at radius 1 is 1.30 bits per heavy atom. The molecule has 1 aromatic rings. The molecule has 1 aliphatic rings. The predicted molar refractivity (Wildman–Crippen MR) is 84.9 cm³/mol. The van der Waals surface area contributed by atoms with Gasteiger partial charge in [-0.2, -0.15) is 0 Å². The van der Waals surface area contributed by atoms with Crippen LogP contribution in [-0.2, 0) is 4.79 Å². The highest BCUT2D eigenvalue weighted by Gasteiger charge is 2.27. The minimum atomic E-state index is -0.771. The number of nitrogens with one attached hydrogen (secondary N) is 2. The lowest BCUT2D eigenvalue weighted by atomic mass is 9.86. The van der Waals surface area contributed by atoms with Crippen molar-refractivity contribution in [3.8, 4) is 0 Å². The molecule has 0 bridgehead atoms. The van der Waals surface area contributed by atoms with E-state index in [0.717, 1.165) is 0 Å². The first-order valence-corrected chi connectivity index (χ1v) is 7.99. The van der Waals surface area contributed by atoms with Gasteiger partial charge in [0, 0.05) is 11.1 Å². The van der Waals surface area contributed by atoms with Crippen LogP contribution in [0.4, 0.5) is 9.18 Å². The highest BCUT2D eigenvalue weighted by molar-refractivity contribution is 6.31. The maximum atomic E-state index is 13.0. The highest BCUT2D eigenvalue weighted by Crippen LogP contribution is 2.25. The molecule has 0 radical (unpaired) electrons. The zero-order chi connectivity index (χ0) is 17.0. The monoisotopic (exact) mass is 342 g/mol. The number of rotatable bonds is 4. The molecule has 2 rings (SSSR count). The molecule has 0 saturated heterocycles. The van der Waals surface area contributed by atoms with Gasteiger partial charge in [-0.25, -0.2) is 9.18 Å². The molecule has 0 unspecified atom stereocenters. The van der Waals surface area contributed by atoms with Crippen LogP contribution < -0.4 is 10.6 Å².